The van der Waals surface area contributed by atoms with Gasteiger partial charge in [-0.25, -0.2) is 0 Å². The van der Waals surface area contributed by atoms with Crippen molar-refractivity contribution in [2.24, 2.45) is 0 Å². The summed E-state index contributed by atoms with van der Waals surface area (Å²) in [6.45, 7) is 3.58. The average Bonchev–Trinajstić information content (AvgIpc) is 2.94. The number of hydrogen-bond acceptors (Lipinski definition) is 3. The van der Waals surface area contributed by atoms with Crippen LogP contribution in [0.5, 0.6) is 0 Å². The highest BCUT2D eigenvalue weighted by molar-refractivity contribution is 5.47. The van der Waals surface area contributed by atoms with Crippen LogP contribution in [0.4, 0.5) is 5.69 Å². The molecule has 1 spiro atoms. The molecule has 1 unspecified atom stereocenters. The highest BCUT2D eigenvalue weighted by Gasteiger charge is 2.52. The molecule has 0 aromatic heterocycles. The summed E-state index contributed by atoms with van der Waals surface area (Å²) in [6.07, 6.45) is 8.96. The summed E-state index contributed by atoms with van der Waals surface area (Å²) < 4.78 is -0.174. The summed E-state index contributed by atoms with van der Waals surface area (Å²) in [5, 5.41) is 17.2. The van der Waals surface area contributed by atoms with Gasteiger partial charge in [0.15, 0.2) is 0 Å². The minimum Gasteiger partial charge on any atom is -0.626 e. The Morgan fingerprint density at radius 2 is 1.74 bits per heavy atom. The number of nitrogens with one attached hydrogen (secondary N) is 1. The van der Waals surface area contributed by atoms with Gasteiger partial charge in [0.25, 0.3) is 0 Å². The van der Waals surface area contributed by atoms with Crippen molar-refractivity contribution in [3.63, 3.8) is 0 Å². The van der Waals surface area contributed by atoms with Gasteiger partial charge in [-0.05, 0) is 25.0 Å². The molecule has 2 heterocycles. The van der Waals surface area contributed by atoms with Crippen LogP contribution in [0.25, 0.3) is 0 Å². The second kappa shape index (κ2) is 6.17. The second-order valence-electron chi connectivity index (χ2n) is 7.71. The van der Waals surface area contributed by atoms with Crippen molar-refractivity contribution >= 4 is 5.69 Å². The Morgan fingerprint density at radius 1 is 1.04 bits per heavy atom. The number of nitrogens with zero attached hydrogens (tertiary/aromatic N) is 2. The molecule has 0 radical (unpaired) electrons. The van der Waals surface area contributed by atoms with E-state index in [1.165, 1.54) is 32.1 Å². The van der Waals surface area contributed by atoms with E-state index in [9.17, 15) is 5.21 Å². The van der Waals surface area contributed by atoms with E-state index in [0.29, 0.717) is 6.67 Å². The molecule has 4 rings (SSSR count). The molecule has 3 fully saturated rings. The maximum absolute atomic E-state index is 13.8. The van der Waals surface area contributed by atoms with E-state index in [0.717, 1.165) is 44.2 Å². The van der Waals surface area contributed by atoms with Gasteiger partial charge in [-0.2, -0.15) is 0 Å². The van der Waals surface area contributed by atoms with Crippen LogP contribution in [-0.4, -0.2) is 42.8 Å². The minimum absolute atomic E-state index is 0.160. The van der Waals surface area contributed by atoms with Gasteiger partial charge in [0.05, 0.1) is 6.54 Å². The van der Waals surface area contributed by atoms with E-state index in [2.05, 4.69) is 10.2 Å². The van der Waals surface area contributed by atoms with E-state index < -0.39 is 0 Å². The molecule has 3 aliphatic rings. The van der Waals surface area contributed by atoms with Crippen molar-refractivity contribution in [3.05, 3.63) is 35.5 Å². The number of likely N-dealkylation sites (tertiary alicyclic amines) is 1. The standard InChI is InChI=1S/C19H29N3O/c23-22(18-9-5-2-6-10-18)16-20-15-19(22)11-13-21(14-12-19)17-7-3-1-4-8-17/h2,5-6,9-10,17,20H,1,3-4,7-8,11-16H2. The van der Waals surface area contributed by atoms with E-state index in [1.54, 1.807) is 0 Å². The van der Waals surface area contributed by atoms with E-state index in [-0.39, 0.29) is 10.2 Å². The fourth-order valence-electron chi connectivity index (χ4n) is 5.06. The number of quaternary nitrogens is 1. The van der Waals surface area contributed by atoms with Crippen LogP contribution >= 0.6 is 0 Å². The largest absolute Gasteiger partial charge is 0.626 e. The van der Waals surface area contributed by atoms with Gasteiger partial charge in [-0.1, -0.05) is 37.5 Å². The summed E-state index contributed by atoms with van der Waals surface area (Å²) in [5.41, 5.74) is 0.760. The third-order valence-electron chi connectivity index (χ3n) is 6.55. The fourth-order valence-corrected chi connectivity index (χ4v) is 5.06. The Labute approximate surface area is 139 Å². The molecule has 4 heteroatoms. The minimum atomic E-state index is -0.174. The summed E-state index contributed by atoms with van der Waals surface area (Å²) in [6, 6.07) is 10.8. The van der Waals surface area contributed by atoms with E-state index >= 15 is 0 Å². The Kier molecular flexibility index (Phi) is 4.18. The molecule has 1 aliphatic carbocycles. The molecule has 1 saturated carbocycles. The SMILES string of the molecule is [O-][N+]1(c2ccccc2)CNCC12CCN(C1CCCCC1)CC2. The molecule has 1 aromatic carbocycles. The van der Waals surface area contributed by atoms with E-state index in [4.69, 9.17) is 0 Å². The predicted octanol–water partition coefficient (Wildman–Crippen LogP) is 3.22. The molecule has 0 amide bonds. The molecule has 4 nitrogen and oxygen atoms in total. The lowest BCUT2D eigenvalue weighted by molar-refractivity contribution is 0.0563. The van der Waals surface area contributed by atoms with Crippen molar-refractivity contribution in [1.82, 2.24) is 14.9 Å². The molecule has 1 atom stereocenters. The number of hydrogen-bond donors (Lipinski definition) is 1. The van der Waals surface area contributed by atoms with Gasteiger partial charge >= 0.3 is 0 Å². The van der Waals surface area contributed by atoms with Crippen LogP contribution < -0.4 is 9.96 Å². The molecule has 2 aliphatic heterocycles. The molecule has 0 bridgehead atoms. The van der Waals surface area contributed by atoms with E-state index in [1.807, 2.05) is 30.3 Å². The van der Waals surface area contributed by atoms with Crippen LogP contribution in [0.3, 0.4) is 0 Å². The van der Waals surface area contributed by atoms with Gasteiger partial charge in [0.2, 0.25) is 0 Å². The van der Waals surface area contributed by atoms with Gasteiger partial charge in [-0.15, -0.1) is 0 Å². The number of hydroxylamine groups is 2. The summed E-state index contributed by atoms with van der Waals surface area (Å²) in [5.74, 6) is 0. The van der Waals surface area contributed by atoms with Crippen LogP contribution in [0.1, 0.15) is 44.9 Å². The van der Waals surface area contributed by atoms with Crippen molar-refractivity contribution < 1.29 is 0 Å². The maximum atomic E-state index is 13.8. The summed E-state index contributed by atoms with van der Waals surface area (Å²) >= 11 is 0. The first-order chi connectivity index (χ1) is 11.2. The Bertz CT molecular complexity index is 521. The van der Waals surface area contributed by atoms with Crippen LogP contribution in [0, 0.1) is 5.21 Å². The summed E-state index contributed by atoms with van der Waals surface area (Å²) in [7, 11) is 0. The van der Waals surface area contributed by atoms with Crippen molar-refractivity contribution in [3.8, 4) is 0 Å². The third-order valence-corrected chi connectivity index (χ3v) is 6.55. The first kappa shape index (κ1) is 15.6. The molecule has 1 aromatic rings. The Morgan fingerprint density at radius 3 is 2.43 bits per heavy atom. The lowest BCUT2D eigenvalue weighted by atomic mass is 9.84. The maximum Gasteiger partial charge on any atom is 0.137 e. The van der Waals surface area contributed by atoms with Gasteiger partial charge < -0.3 is 9.85 Å². The summed E-state index contributed by atoms with van der Waals surface area (Å²) in [4.78, 5) is 2.68. The molecule has 2 saturated heterocycles. The highest BCUT2D eigenvalue weighted by atomic mass is 16.6. The lowest BCUT2D eigenvalue weighted by Crippen LogP contribution is -2.64. The third kappa shape index (κ3) is 2.62. The average molecular weight is 315 g/mol. The number of piperidine rings is 1. The fraction of sp³-hybridized carbons (Fsp3) is 0.684. The monoisotopic (exact) mass is 315 g/mol. The Balaban J connectivity index is 1.50. The lowest BCUT2D eigenvalue weighted by Gasteiger charge is -2.54. The Hall–Kier alpha value is -0.940. The first-order valence-electron chi connectivity index (χ1n) is 9.33. The zero-order chi connectivity index (χ0) is 15.8. The molecular weight excluding hydrogens is 286 g/mol. The topological polar surface area (TPSA) is 38.3 Å². The van der Waals surface area contributed by atoms with Gasteiger partial charge in [0.1, 0.15) is 17.9 Å². The van der Waals surface area contributed by atoms with Crippen molar-refractivity contribution in [2.75, 3.05) is 26.3 Å². The molecule has 1 N–H and O–H groups in total. The van der Waals surface area contributed by atoms with Crippen LogP contribution in [0.2, 0.25) is 0 Å². The van der Waals surface area contributed by atoms with Crippen molar-refractivity contribution in [2.45, 2.75) is 56.5 Å². The number of para-hydroxylation sites is 1. The molecular formula is C19H29N3O. The molecule has 23 heavy (non-hydrogen) atoms. The highest BCUT2D eigenvalue weighted by Crippen LogP contribution is 2.42. The first-order valence-corrected chi connectivity index (χ1v) is 9.33. The smallest absolute Gasteiger partial charge is 0.137 e. The van der Waals surface area contributed by atoms with Crippen LogP contribution in [-0.2, 0) is 0 Å². The zero-order valence-corrected chi connectivity index (χ0v) is 14.0. The van der Waals surface area contributed by atoms with Gasteiger partial charge in [0, 0.05) is 32.0 Å². The van der Waals surface area contributed by atoms with Crippen molar-refractivity contribution in [1.29, 1.82) is 0 Å². The normalized spacial score (nSPS) is 32.4. The molecule has 126 valence electrons. The number of rotatable bonds is 2. The quantitative estimate of drug-likeness (QED) is 0.673. The van der Waals surface area contributed by atoms with Gasteiger partial charge in [-0.3, -0.25) is 10.2 Å². The van der Waals surface area contributed by atoms with Crippen LogP contribution in [0.15, 0.2) is 30.3 Å². The number of benzene rings is 1. The zero-order valence-electron chi connectivity index (χ0n) is 14.0. The predicted molar refractivity (Wildman–Crippen MR) is 94.9 cm³/mol. The second-order valence-corrected chi connectivity index (χ2v) is 7.71.